The van der Waals surface area contributed by atoms with Crippen molar-refractivity contribution in [3.05, 3.63) is 29.3 Å². The molecule has 0 heterocycles. The highest BCUT2D eigenvalue weighted by atomic mass is 35.5. The molecule has 0 aliphatic rings. The van der Waals surface area contributed by atoms with Gasteiger partial charge in [-0.05, 0) is 30.7 Å². The summed E-state index contributed by atoms with van der Waals surface area (Å²) in [7, 11) is 0. The van der Waals surface area contributed by atoms with Crippen LogP contribution in [0.3, 0.4) is 0 Å². The van der Waals surface area contributed by atoms with Crippen LogP contribution in [0.5, 0.6) is 0 Å². The van der Waals surface area contributed by atoms with Crippen LogP contribution in [0, 0.1) is 5.92 Å². The molecule has 1 aromatic carbocycles. The number of amides is 1. The molecule has 0 aliphatic heterocycles. The van der Waals surface area contributed by atoms with Crippen LogP contribution in [0.15, 0.2) is 24.3 Å². The third-order valence-corrected chi connectivity index (χ3v) is 2.18. The Morgan fingerprint density at radius 3 is 2.71 bits per heavy atom. The first-order valence-electron chi connectivity index (χ1n) is 5.34. The second-order valence-corrected chi connectivity index (χ2v) is 4.52. The summed E-state index contributed by atoms with van der Waals surface area (Å²) >= 11 is 5.81. The predicted molar refractivity (Wildman–Crippen MR) is 75.0 cm³/mol. The van der Waals surface area contributed by atoms with E-state index >= 15 is 0 Å². The van der Waals surface area contributed by atoms with Gasteiger partial charge in [0, 0.05) is 10.7 Å². The Balaban J connectivity index is 0.00000256. The molecule has 96 valence electrons. The molecule has 17 heavy (non-hydrogen) atoms. The lowest BCUT2D eigenvalue weighted by Gasteiger charge is -2.08. The number of carbonyl (C=O) groups excluding carboxylic acids is 1. The van der Waals surface area contributed by atoms with Crippen molar-refractivity contribution in [2.24, 2.45) is 5.92 Å². The zero-order valence-corrected chi connectivity index (χ0v) is 11.6. The molecule has 0 saturated carbocycles. The van der Waals surface area contributed by atoms with Crippen molar-refractivity contribution in [1.29, 1.82) is 0 Å². The van der Waals surface area contributed by atoms with Crippen LogP contribution in [0.25, 0.3) is 0 Å². The quantitative estimate of drug-likeness (QED) is 0.868. The molecule has 0 fully saturated rings. The number of anilines is 1. The molecule has 0 aromatic heterocycles. The van der Waals surface area contributed by atoms with Crippen LogP contribution in [0.1, 0.15) is 13.8 Å². The molecule has 0 atom stereocenters. The van der Waals surface area contributed by atoms with Crippen molar-refractivity contribution in [3.8, 4) is 0 Å². The topological polar surface area (TPSA) is 41.1 Å². The summed E-state index contributed by atoms with van der Waals surface area (Å²) in [5.74, 6) is 0.488. The van der Waals surface area contributed by atoms with Gasteiger partial charge in [0.25, 0.3) is 0 Å². The lowest BCUT2D eigenvalue weighted by Crippen LogP contribution is -2.30. The smallest absolute Gasteiger partial charge is 0.238 e. The summed E-state index contributed by atoms with van der Waals surface area (Å²) in [4.78, 5) is 11.5. The minimum atomic E-state index is -0.0529. The van der Waals surface area contributed by atoms with E-state index in [1.54, 1.807) is 18.2 Å². The molecular formula is C12H18Cl2N2O. The zero-order chi connectivity index (χ0) is 12.0. The molecule has 0 bridgehead atoms. The summed E-state index contributed by atoms with van der Waals surface area (Å²) in [6, 6.07) is 7.11. The van der Waals surface area contributed by atoms with Crippen molar-refractivity contribution in [2.75, 3.05) is 18.4 Å². The molecule has 5 heteroatoms. The highest BCUT2D eigenvalue weighted by Crippen LogP contribution is 2.14. The van der Waals surface area contributed by atoms with E-state index in [9.17, 15) is 4.79 Å². The maximum absolute atomic E-state index is 11.5. The molecule has 0 spiro atoms. The summed E-state index contributed by atoms with van der Waals surface area (Å²) in [6.07, 6.45) is 0. The lowest BCUT2D eigenvalue weighted by atomic mass is 10.2. The maximum Gasteiger partial charge on any atom is 0.238 e. The summed E-state index contributed by atoms with van der Waals surface area (Å²) in [5, 5.41) is 6.46. The van der Waals surface area contributed by atoms with E-state index in [2.05, 4.69) is 24.5 Å². The van der Waals surface area contributed by atoms with E-state index in [1.165, 1.54) is 0 Å². The highest BCUT2D eigenvalue weighted by Gasteiger charge is 2.02. The number of benzene rings is 1. The third-order valence-electron chi connectivity index (χ3n) is 1.95. The van der Waals surface area contributed by atoms with Crippen LogP contribution in [-0.4, -0.2) is 19.0 Å². The Kier molecular flexibility index (Phi) is 7.96. The van der Waals surface area contributed by atoms with Gasteiger partial charge in [-0.3, -0.25) is 4.79 Å². The van der Waals surface area contributed by atoms with Gasteiger partial charge >= 0.3 is 0 Å². The molecule has 0 saturated heterocycles. The number of nitrogens with one attached hydrogen (secondary N) is 2. The molecule has 2 N–H and O–H groups in total. The Morgan fingerprint density at radius 2 is 2.12 bits per heavy atom. The van der Waals surface area contributed by atoms with E-state index in [1.807, 2.05) is 6.07 Å². The maximum atomic E-state index is 11.5. The van der Waals surface area contributed by atoms with Gasteiger partial charge in [-0.1, -0.05) is 31.5 Å². The molecule has 3 nitrogen and oxygen atoms in total. The highest BCUT2D eigenvalue weighted by molar-refractivity contribution is 6.30. The molecule has 0 radical (unpaired) electrons. The van der Waals surface area contributed by atoms with Crippen molar-refractivity contribution < 1.29 is 4.79 Å². The Morgan fingerprint density at radius 1 is 1.41 bits per heavy atom. The minimum absolute atomic E-state index is 0. The first-order valence-corrected chi connectivity index (χ1v) is 5.72. The Hall–Kier alpha value is -0.770. The average molecular weight is 277 g/mol. The number of hydrogen-bond acceptors (Lipinski definition) is 2. The van der Waals surface area contributed by atoms with Gasteiger partial charge in [-0.25, -0.2) is 0 Å². The van der Waals surface area contributed by atoms with Gasteiger partial charge in [0.2, 0.25) is 5.91 Å². The first-order chi connectivity index (χ1) is 7.58. The van der Waals surface area contributed by atoms with Crippen LogP contribution >= 0.6 is 24.0 Å². The van der Waals surface area contributed by atoms with Gasteiger partial charge in [-0.15, -0.1) is 12.4 Å². The van der Waals surface area contributed by atoms with Gasteiger partial charge in [0.05, 0.1) is 6.54 Å². The Labute approximate surface area is 113 Å². The Bertz CT molecular complexity index is 356. The van der Waals surface area contributed by atoms with Gasteiger partial charge in [-0.2, -0.15) is 0 Å². The van der Waals surface area contributed by atoms with E-state index in [4.69, 9.17) is 11.6 Å². The largest absolute Gasteiger partial charge is 0.325 e. The second-order valence-electron chi connectivity index (χ2n) is 4.08. The molecule has 1 amide bonds. The molecule has 1 aromatic rings. The first kappa shape index (κ1) is 16.2. The van der Waals surface area contributed by atoms with Crippen molar-refractivity contribution in [2.45, 2.75) is 13.8 Å². The summed E-state index contributed by atoms with van der Waals surface area (Å²) in [6.45, 7) is 5.36. The van der Waals surface area contributed by atoms with Crippen molar-refractivity contribution in [3.63, 3.8) is 0 Å². The van der Waals surface area contributed by atoms with Gasteiger partial charge in [0.1, 0.15) is 0 Å². The van der Waals surface area contributed by atoms with Gasteiger partial charge < -0.3 is 10.6 Å². The SMILES string of the molecule is CC(C)CNCC(=O)Nc1cccc(Cl)c1.Cl. The third kappa shape index (κ3) is 7.21. The monoisotopic (exact) mass is 276 g/mol. The lowest BCUT2D eigenvalue weighted by molar-refractivity contribution is -0.115. The van der Waals surface area contributed by atoms with E-state index in [-0.39, 0.29) is 18.3 Å². The zero-order valence-electron chi connectivity index (χ0n) is 10.00. The van der Waals surface area contributed by atoms with E-state index in [0.29, 0.717) is 17.5 Å². The number of rotatable bonds is 5. The second kappa shape index (κ2) is 8.34. The summed E-state index contributed by atoms with van der Waals surface area (Å²) in [5.41, 5.74) is 0.726. The van der Waals surface area contributed by atoms with Crippen LogP contribution < -0.4 is 10.6 Å². The molecule has 1 rings (SSSR count). The molecule has 0 unspecified atom stereocenters. The predicted octanol–water partition coefficient (Wildman–Crippen LogP) is 2.95. The summed E-state index contributed by atoms with van der Waals surface area (Å²) < 4.78 is 0. The van der Waals surface area contributed by atoms with Crippen molar-refractivity contribution in [1.82, 2.24) is 5.32 Å². The minimum Gasteiger partial charge on any atom is -0.325 e. The number of hydrogen-bond donors (Lipinski definition) is 2. The van der Waals surface area contributed by atoms with E-state index in [0.717, 1.165) is 12.2 Å². The van der Waals surface area contributed by atoms with Crippen LogP contribution in [0.4, 0.5) is 5.69 Å². The van der Waals surface area contributed by atoms with Crippen LogP contribution in [-0.2, 0) is 4.79 Å². The van der Waals surface area contributed by atoms with Crippen LogP contribution in [0.2, 0.25) is 5.02 Å². The average Bonchev–Trinajstić information content (AvgIpc) is 2.16. The number of halogens is 2. The standard InChI is InChI=1S/C12H17ClN2O.ClH/c1-9(2)7-14-8-12(16)15-11-5-3-4-10(13)6-11;/h3-6,9,14H,7-8H2,1-2H3,(H,15,16);1H. The fraction of sp³-hybridized carbons (Fsp3) is 0.417. The van der Waals surface area contributed by atoms with Gasteiger partial charge in [0.15, 0.2) is 0 Å². The molecule has 0 aliphatic carbocycles. The fourth-order valence-electron chi connectivity index (χ4n) is 1.25. The molecular weight excluding hydrogens is 259 g/mol. The number of carbonyl (C=O) groups is 1. The fourth-order valence-corrected chi connectivity index (χ4v) is 1.44. The van der Waals surface area contributed by atoms with E-state index < -0.39 is 0 Å². The normalized spacial score (nSPS) is 9.88. The van der Waals surface area contributed by atoms with Crippen molar-refractivity contribution >= 4 is 35.6 Å².